The molecule has 6 aliphatic rings. The van der Waals surface area contributed by atoms with Gasteiger partial charge in [-0.05, 0) is 235 Å². The van der Waals surface area contributed by atoms with Gasteiger partial charge in [0.1, 0.15) is 64.2 Å². The number of carbonyl (C=O) groups is 5. The fourth-order valence-corrected chi connectivity index (χ4v) is 20.2. The van der Waals surface area contributed by atoms with Crippen molar-refractivity contribution in [3.8, 4) is 55.6 Å². The van der Waals surface area contributed by atoms with Crippen molar-refractivity contribution in [2.75, 3.05) is 105 Å². The maximum atomic E-state index is 13.4. The summed E-state index contributed by atoms with van der Waals surface area (Å²) in [6, 6.07) is 69.7. The number of rotatable bonds is 24. The molecule has 1 saturated carbocycles. The van der Waals surface area contributed by atoms with Crippen LogP contribution in [0.5, 0.6) is 0 Å². The molecule has 5 saturated heterocycles. The van der Waals surface area contributed by atoms with Crippen molar-refractivity contribution in [1.29, 1.82) is 0 Å². The SMILES string of the molecule is CC(C)(C)C1CN(Cc2ccc3c(-c4ccc(F)cc4)cc(C(N)=O)nc3c2)CCN1.CC(C)C1CN(Cc2ccc3c(-c4ccc(F)cc4)cc(C(N)=O)nc3c2)CCN1.NC(=O)c1cc(-c2ccc(F)cc2)c2ccc(CN3CCNC(C(F)F)C3)cc2n1.NC(=O)c1cc(-c2ccc(F)cc2)c2ccc(CN3CCNC(C4CC4)C3)cc2n1.NC(=O)c1cc(-c2ccc(F)cc2)c2ccc(CN3CCNC(CF)C3)cc2n1. The summed E-state index contributed by atoms with van der Waals surface area (Å²) in [6.45, 7) is 27.2. The van der Waals surface area contributed by atoms with Gasteiger partial charge < -0.3 is 55.3 Å². The van der Waals surface area contributed by atoms with E-state index >= 15 is 0 Å². The molecule has 5 unspecified atom stereocenters. The van der Waals surface area contributed by atoms with Gasteiger partial charge in [-0.15, -0.1) is 0 Å². The number of nitrogens with one attached hydrogen (secondary N) is 5. The van der Waals surface area contributed by atoms with Gasteiger partial charge in [0.05, 0.1) is 33.6 Å². The molecule has 6 fully saturated rings. The average molecular weight is 2040 g/mol. The number of alkyl halides is 3. The number of fused-ring (bicyclic) bond motifs is 5. The molecule has 33 heteroatoms. The molecule has 15 N–H and O–H groups in total. The number of hydrogen-bond acceptors (Lipinski definition) is 20. The highest BCUT2D eigenvalue weighted by Crippen LogP contribution is 2.39. The maximum Gasteiger partial charge on any atom is 0.267 e. The predicted octanol–water partition coefficient (Wildman–Crippen LogP) is 16.9. The van der Waals surface area contributed by atoms with Gasteiger partial charge in [0, 0.05) is 182 Å². The maximum absolute atomic E-state index is 13.4. The fraction of sp³-hybridized carbons (Fsp3) is 0.316. The van der Waals surface area contributed by atoms with Crippen molar-refractivity contribution in [3.05, 3.63) is 328 Å². The largest absolute Gasteiger partial charge is 0.364 e. The average Bonchev–Trinajstić information content (AvgIpc) is 1.01. The summed E-state index contributed by atoms with van der Waals surface area (Å²) in [7, 11) is 0. The van der Waals surface area contributed by atoms with Crippen LogP contribution in [0.3, 0.4) is 0 Å². The third-order valence-corrected chi connectivity index (χ3v) is 28.4. The van der Waals surface area contributed by atoms with E-state index in [2.05, 4.69) is 124 Å². The Bertz CT molecular complexity index is 6990. The third kappa shape index (κ3) is 27.3. The second-order valence-corrected chi connectivity index (χ2v) is 40.8. The Morgan fingerprint density at radius 3 is 0.847 bits per heavy atom. The molecule has 0 bridgehead atoms. The standard InChI is InChI=1S/C25H29FN4O.C24H25FN4O.C24H27FN4O.C22H21F3N4O.C22H22F2N4O/c1-25(2,3)23-15-30(11-10-28-23)14-16-4-9-19-20(17-5-7-18(26)8-6-17)13-22(24(27)31)29-21(19)12-16;25-18-6-4-16(5-7-18)20-12-22(24(26)30)28-21-11-15(1-8-19(20)21)13-29-10-9-27-23(14-29)17-2-3-17;1-15(2)23-14-29(10-9-27-23)13-16-3-8-19-20(17-4-6-18(25)7-5-17)12-22(24(26)30)28-21(19)11-16;23-15-4-2-14(3-5-15)17-10-19(22(26)30)28-18-9-13(1-6-16(17)18)11-29-8-7-27-20(12-29)21(24)25;23-11-17-13-28(8-7-26-17)12-14-1-6-18-19(15-2-4-16(24)5-3-15)10-21(22(25)29)27-20(18)9-14/h4-9,12-13,23,28H,10-11,14-15H2,1-3H3,(H2,27,31);1,4-8,11-12,17,23,27H,2-3,9-10,13-14H2,(H2,26,30);3-8,11-12,15,23,27H,9-10,13-14H2,1-2H3,(H2,26,30);1-6,9-10,20-21,27H,7-8,11-12H2,(H2,26,30);1-6,9-10,17,26H,7-8,11-13H2,(H2,25,29). The van der Waals surface area contributed by atoms with Crippen LogP contribution in [0.2, 0.25) is 0 Å². The zero-order valence-corrected chi connectivity index (χ0v) is 84.4. The van der Waals surface area contributed by atoms with Gasteiger partial charge in [-0.3, -0.25) is 48.5 Å². The smallest absolute Gasteiger partial charge is 0.267 e. The number of aromatic nitrogens is 5. The van der Waals surface area contributed by atoms with Gasteiger partial charge in [-0.25, -0.2) is 60.0 Å². The minimum absolute atomic E-state index is 0.110. The first-order chi connectivity index (χ1) is 72.1. The summed E-state index contributed by atoms with van der Waals surface area (Å²) in [6.07, 6.45) is 0.267. The number of pyridine rings is 5. The number of hydrogen-bond donors (Lipinski definition) is 10. The van der Waals surface area contributed by atoms with Crippen molar-refractivity contribution in [1.82, 2.24) is 76.0 Å². The lowest BCUT2D eigenvalue weighted by molar-refractivity contribution is 0.0545. The number of nitrogens with two attached hydrogens (primary N) is 5. The molecule has 0 spiro atoms. The topological polar surface area (TPSA) is 356 Å². The highest BCUT2D eigenvalue weighted by atomic mass is 19.3. The molecule has 0 radical (unpaired) electrons. The number of benzene rings is 10. The quantitative estimate of drug-likeness (QED) is 0.0251. The van der Waals surface area contributed by atoms with Crippen molar-refractivity contribution in [3.63, 3.8) is 0 Å². The Kier molecular flexibility index (Phi) is 34.3. The molecule has 21 rings (SSSR count). The summed E-state index contributed by atoms with van der Waals surface area (Å²) in [5, 5.41) is 21.2. The lowest BCUT2D eigenvalue weighted by Gasteiger charge is -2.40. The summed E-state index contributed by atoms with van der Waals surface area (Å²) in [5.41, 5.74) is 45.4. The minimum Gasteiger partial charge on any atom is -0.364 e. The number of amides is 5. The summed E-state index contributed by atoms with van der Waals surface area (Å²) in [4.78, 5) is 93.1. The van der Waals surface area contributed by atoms with Crippen LogP contribution in [0, 0.1) is 46.3 Å². The molecule has 5 aromatic heterocycles. The molecular weight excluding hydrogens is 1920 g/mol. The van der Waals surface area contributed by atoms with E-state index in [0.29, 0.717) is 67.8 Å². The van der Waals surface area contributed by atoms with Crippen LogP contribution < -0.4 is 55.3 Å². The van der Waals surface area contributed by atoms with Gasteiger partial charge in [-0.1, -0.05) is 156 Å². The molecule has 5 atom stereocenters. The lowest BCUT2D eigenvalue weighted by atomic mass is 9.85. The van der Waals surface area contributed by atoms with Crippen LogP contribution in [0.4, 0.5) is 35.1 Å². The van der Waals surface area contributed by atoms with E-state index in [0.717, 1.165) is 224 Å². The van der Waals surface area contributed by atoms with Gasteiger partial charge in [-0.2, -0.15) is 0 Å². The molecule has 5 amide bonds. The van der Waals surface area contributed by atoms with Crippen molar-refractivity contribution < 1.29 is 59.1 Å². The summed E-state index contributed by atoms with van der Waals surface area (Å²) >= 11 is 0. The minimum atomic E-state index is -2.41. The van der Waals surface area contributed by atoms with Crippen LogP contribution in [0.25, 0.3) is 110 Å². The van der Waals surface area contributed by atoms with Crippen LogP contribution >= 0.6 is 0 Å². The normalized spacial score (nSPS) is 18.0. The zero-order valence-electron chi connectivity index (χ0n) is 84.4. The van der Waals surface area contributed by atoms with Gasteiger partial charge in [0.15, 0.2) is 0 Å². The molecule has 15 aromatic rings. The van der Waals surface area contributed by atoms with E-state index in [1.807, 2.05) is 77.7 Å². The van der Waals surface area contributed by atoms with Crippen molar-refractivity contribution in [2.24, 2.45) is 45.9 Å². The predicted molar refractivity (Wildman–Crippen MR) is 573 cm³/mol. The Hall–Kier alpha value is -14.4. The number of halogens is 8. The van der Waals surface area contributed by atoms with Crippen LogP contribution in [-0.2, 0) is 32.7 Å². The van der Waals surface area contributed by atoms with Crippen molar-refractivity contribution in [2.45, 2.75) is 117 Å². The number of carbonyl (C=O) groups excluding carboxylic acids is 5. The molecular formula is C117H124F8N20O5. The van der Waals surface area contributed by atoms with E-state index in [1.54, 1.807) is 91.0 Å². The first-order valence-electron chi connectivity index (χ1n) is 50.7. The molecule has 25 nitrogen and oxygen atoms in total. The van der Waals surface area contributed by atoms with Gasteiger partial charge in [0.25, 0.3) is 36.0 Å². The zero-order chi connectivity index (χ0) is 106. The monoisotopic (exact) mass is 2040 g/mol. The highest BCUT2D eigenvalue weighted by Gasteiger charge is 2.36. The molecule has 10 heterocycles. The Morgan fingerprint density at radius 2 is 0.580 bits per heavy atom. The van der Waals surface area contributed by atoms with E-state index < -0.39 is 48.7 Å². The number of primary amides is 5. The second-order valence-electron chi connectivity index (χ2n) is 40.8. The fourth-order valence-electron chi connectivity index (χ4n) is 20.2. The van der Waals surface area contributed by atoms with Crippen molar-refractivity contribution >= 4 is 84.1 Å². The van der Waals surface area contributed by atoms with Crippen LogP contribution in [0.15, 0.2) is 243 Å². The van der Waals surface area contributed by atoms with Gasteiger partial charge >= 0.3 is 0 Å². The Balaban J connectivity index is 0.000000128. The third-order valence-electron chi connectivity index (χ3n) is 28.4. The number of nitrogens with zero attached hydrogens (tertiary/aromatic N) is 10. The molecule has 150 heavy (non-hydrogen) atoms. The molecule has 778 valence electrons. The molecule has 5 aliphatic heterocycles. The molecule has 1 aliphatic carbocycles. The summed E-state index contributed by atoms with van der Waals surface area (Å²) in [5.74, 6) is -3.16. The first-order valence-corrected chi connectivity index (χ1v) is 50.7. The van der Waals surface area contributed by atoms with E-state index in [1.165, 1.54) is 73.5 Å². The Labute approximate surface area is 865 Å². The van der Waals surface area contributed by atoms with Crippen LogP contribution in [0.1, 0.15) is 128 Å². The summed E-state index contributed by atoms with van der Waals surface area (Å²) < 4.78 is 106. The first kappa shape index (κ1) is 107. The van der Waals surface area contributed by atoms with Gasteiger partial charge in [0.2, 0.25) is 0 Å². The van der Waals surface area contributed by atoms with E-state index in [9.17, 15) is 59.1 Å². The Morgan fingerprint density at radius 1 is 0.327 bits per heavy atom. The molecule has 10 aromatic carbocycles. The lowest BCUT2D eigenvalue weighted by Crippen LogP contribution is -2.55. The second kappa shape index (κ2) is 48.1. The van der Waals surface area contributed by atoms with E-state index in [4.69, 9.17) is 28.7 Å². The van der Waals surface area contributed by atoms with E-state index in [-0.39, 0.29) is 75.6 Å². The highest BCUT2D eigenvalue weighted by molar-refractivity contribution is 6.06. The number of piperazine rings is 5. The van der Waals surface area contributed by atoms with Crippen LogP contribution in [-0.4, -0.2) is 220 Å².